The molecule has 2 aromatic heterocycles. The van der Waals surface area contributed by atoms with E-state index >= 15 is 0 Å². The van der Waals surface area contributed by atoms with Crippen molar-refractivity contribution in [2.24, 2.45) is 11.7 Å². The maximum Gasteiger partial charge on any atom is 0.226 e. The highest BCUT2D eigenvalue weighted by atomic mass is 32.1. The zero-order chi connectivity index (χ0) is 14.8. The number of hydrogen-bond donors (Lipinski definition) is 2. The number of nitrogens with two attached hydrogens (primary N) is 1. The quantitative estimate of drug-likeness (QED) is 0.856. The lowest BCUT2D eigenvalue weighted by Gasteiger charge is -2.10. The number of aryl methyl sites for hydroxylation is 1. The zero-order valence-corrected chi connectivity index (χ0v) is 12.8. The van der Waals surface area contributed by atoms with Crippen molar-refractivity contribution in [2.75, 3.05) is 6.54 Å². The Bertz CT molecular complexity index is 630. The van der Waals surface area contributed by atoms with Gasteiger partial charge in [0.15, 0.2) is 10.8 Å². The summed E-state index contributed by atoms with van der Waals surface area (Å²) in [6.07, 6.45) is 2.66. The number of amides is 1. The van der Waals surface area contributed by atoms with Crippen molar-refractivity contribution in [1.82, 2.24) is 10.3 Å². The number of nitrogens with one attached hydrogen (secondary N) is 1. The lowest BCUT2D eigenvalue weighted by Crippen LogP contribution is -2.39. The Kier molecular flexibility index (Phi) is 4.07. The van der Waals surface area contributed by atoms with Crippen LogP contribution in [0.2, 0.25) is 0 Å². The normalized spacial score (nSPS) is 15.9. The number of thiazole rings is 1. The molecule has 0 aliphatic heterocycles. The van der Waals surface area contributed by atoms with Crippen LogP contribution in [0.4, 0.5) is 0 Å². The largest absolute Gasteiger partial charge is 0.459 e. The first-order valence-electron chi connectivity index (χ1n) is 7.15. The molecule has 0 radical (unpaired) electrons. The van der Waals surface area contributed by atoms with Crippen LogP contribution < -0.4 is 11.1 Å². The number of carbonyl (C=O) groups is 1. The predicted octanol–water partition coefficient (Wildman–Crippen LogP) is 2.11. The molecule has 112 valence electrons. The molecule has 3 N–H and O–H groups in total. The van der Waals surface area contributed by atoms with Gasteiger partial charge in [0.05, 0.1) is 12.1 Å². The van der Waals surface area contributed by atoms with Crippen LogP contribution in [0.15, 0.2) is 21.9 Å². The number of rotatable bonds is 6. The van der Waals surface area contributed by atoms with E-state index in [0.717, 1.165) is 22.2 Å². The summed E-state index contributed by atoms with van der Waals surface area (Å²) in [5, 5.41) is 5.59. The van der Waals surface area contributed by atoms with E-state index in [1.54, 1.807) is 0 Å². The molecular weight excluding hydrogens is 286 g/mol. The fourth-order valence-electron chi connectivity index (χ4n) is 2.20. The summed E-state index contributed by atoms with van der Waals surface area (Å²) in [5.74, 6) is 2.17. The van der Waals surface area contributed by atoms with E-state index in [2.05, 4.69) is 10.3 Å². The Morgan fingerprint density at radius 1 is 1.57 bits per heavy atom. The van der Waals surface area contributed by atoms with Crippen molar-refractivity contribution in [3.8, 4) is 10.8 Å². The summed E-state index contributed by atoms with van der Waals surface area (Å²) in [6.45, 7) is 2.45. The Labute approximate surface area is 127 Å². The van der Waals surface area contributed by atoms with E-state index in [-0.39, 0.29) is 18.4 Å². The minimum absolute atomic E-state index is 0.0291. The van der Waals surface area contributed by atoms with Gasteiger partial charge in [-0.3, -0.25) is 4.79 Å². The summed E-state index contributed by atoms with van der Waals surface area (Å²) in [6, 6.07) is 3.89. The molecule has 1 atom stereocenters. The van der Waals surface area contributed by atoms with Crippen molar-refractivity contribution in [2.45, 2.75) is 32.2 Å². The van der Waals surface area contributed by atoms with Crippen LogP contribution in [0.3, 0.4) is 0 Å². The number of carbonyl (C=O) groups excluding carboxylic acids is 1. The van der Waals surface area contributed by atoms with Gasteiger partial charge >= 0.3 is 0 Å². The van der Waals surface area contributed by atoms with Crippen LogP contribution >= 0.6 is 11.3 Å². The second-order valence-electron chi connectivity index (χ2n) is 5.54. The number of aromatic nitrogens is 1. The first kappa shape index (κ1) is 14.3. The van der Waals surface area contributed by atoms with Gasteiger partial charge in [-0.25, -0.2) is 4.98 Å². The van der Waals surface area contributed by atoms with Crippen LogP contribution in [0.5, 0.6) is 0 Å². The third-order valence-electron chi connectivity index (χ3n) is 3.61. The first-order chi connectivity index (χ1) is 10.1. The van der Waals surface area contributed by atoms with E-state index in [9.17, 15) is 4.79 Å². The molecule has 6 heteroatoms. The standard InChI is InChI=1S/C15H19N3O2S/c1-9-2-5-13(20-9)15-18-11(8-21-15)6-14(19)17-7-12(16)10-3-4-10/h2,5,8,10,12H,3-4,6-7,16H2,1H3,(H,17,19). The van der Waals surface area contributed by atoms with Gasteiger partial charge in [0.2, 0.25) is 5.91 Å². The monoisotopic (exact) mass is 305 g/mol. The van der Waals surface area contributed by atoms with Gasteiger partial charge in [-0.05, 0) is 37.8 Å². The molecule has 1 fully saturated rings. The Morgan fingerprint density at radius 3 is 3.05 bits per heavy atom. The SMILES string of the molecule is Cc1ccc(-c2nc(CC(=O)NCC(N)C3CC3)cs2)o1. The van der Waals surface area contributed by atoms with Gasteiger partial charge in [0, 0.05) is 18.0 Å². The van der Waals surface area contributed by atoms with Gasteiger partial charge in [-0.1, -0.05) is 0 Å². The lowest BCUT2D eigenvalue weighted by atomic mass is 10.2. The first-order valence-corrected chi connectivity index (χ1v) is 8.03. The molecule has 0 bridgehead atoms. The Balaban J connectivity index is 1.52. The minimum atomic E-state index is -0.0291. The van der Waals surface area contributed by atoms with Crippen LogP contribution in [0.1, 0.15) is 24.3 Å². The van der Waals surface area contributed by atoms with Gasteiger partial charge in [0.1, 0.15) is 5.76 Å². The molecule has 1 saturated carbocycles. The fourth-order valence-corrected chi connectivity index (χ4v) is 2.98. The predicted molar refractivity (Wildman–Crippen MR) is 82.0 cm³/mol. The van der Waals surface area contributed by atoms with Crippen LogP contribution in [-0.2, 0) is 11.2 Å². The number of furan rings is 1. The number of hydrogen-bond acceptors (Lipinski definition) is 5. The van der Waals surface area contributed by atoms with Crippen LogP contribution in [0, 0.1) is 12.8 Å². The fraction of sp³-hybridized carbons (Fsp3) is 0.467. The average molecular weight is 305 g/mol. The summed E-state index contributed by atoms with van der Waals surface area (Å²) in [7, 11) is 0. The molecule has 1 unspecified atom stereocenters. The van der Waals surface area contributed by atoms with Crippen LogP contribution in [0.25, 0.3) is 10.8 Å². The third kappa shape index (κ3) is 3.71. The average Bonchev–Trinajstić information content (AvgIpc) is 3.07. The highest BCUT2D eigenvalue weighted by Gasteiger charge is 2.28. The van der Waals surface area contributed by atoms with E-state index in [0.29, 0.717) is 12.5 Å². The highest BCUT2D eigenvalue weighted by molar-refractivity contribution is 7.13. The van der Waals surface area contributed by atoms with Crippen molar-refractivity contribution in [1.29, 1.82) is 0 Å². The van der Waals surface area contributed by atoms with E-state index in [1.807, 2.05) is 24.4 Å². The minimum Gasteiger partial charge on any atom is -0.459 e. The van der Waals surface area contributed by atoms with Crippen molar-refractivity contribution in [3.63, 3.8) is 0 Å². The molecule has 0 saturated heterocycles. The molecular formula is C15H19N3O2S. The van der Waals surface area contributed by atoms with E-state index in [4.69, 9.17) is 10.2 Å². The molecule has 2 heterocycles. The number of nitrogens with zero attached hydrogens (tertiary/aromatic N) is 1. The van der Waals surface area contributed by atoms with Crippen molar-refractivity contribution in [3.05, 3.63) is 29.0 Å². The molecule has 5 nitrogen and oxygen atoms in total. The van der Waals surface area contributed by atoms with E-state index < -0.39 is 0 Å². The molecule has 21 heavy (non-hydrogen) atoms. The molecule has 0 spiro atoms. The maximum absolute atomic E-state index is 11.9. The summed E-state index contributed by atoms with van der Waals surface area (Å²) in [4.78, 5) is 16.3. The summed E-state index contributed by atoms with van der Waals surface area (Å²) >= 11 is 1.49. The molecule has 3 rings (SSSR count). The summed E-state index contributed by atoms with van der Waals surface area (Å²) in [5.41, 5.74) is 6.73. The summed E-state index contributed by atoms with van der Waals surface area (Å²) < 4.78 is 5.53. The smallest absolute Gasteiger partial charge is 0.226 e. The lowest BCUT2D eigenvalue weighted by molar-refractivity contribution is -0.120. The molecule has 1 aliphatic carbocycles. The third-order valence-corrected chi connectivity index (χ3v) is 4.51. The second kappa shape index (κ2) is 5.99. The Hall–Kier alpha value is -1.66. The van der Waals surface area contributed by atoms with E-state index in [1.165, 1.54) is 24.2 Å². The van der Waals surface area contributed by atoms with Crippen molar-refractivity contribution < 1.29 is 9.21 Å². The zero-order valence-electron chi connectivity index (χ0n) is 12.0. The topological polar surface area (TPSA) is 81.2 Å². The van der Waals surface area contributed by atoms with Crippen LogP contribution in [-0.4, -0.2) is 23.5 Å². The highest BCUT2D eigenvalue weighted by Crippen LogP contribution is 2.31. The Morgan fingerprint density at radius 2 is 2.38 bits per heavy atom. The molecule has 2 aromatic rings. The van der Waals surface area contributed by atoms with Gasteiger partial charge in [-0.15, -0.1) is 11.3 Å². The maximum atomic E-state index is 11.9. The van der Waals surface area contributed by atoms with Gasteiger partial charge in [0.25, 0.3) is 0 Å². The molecule has 1 aliphatic rings. The van der Waals surface area contributed by atoms with Gasteiger partial charge < -0.3 is 15.5 Å². The second-order valence-corrected chi connectivity index (χ2v) is 6.39. The van der Waals surface area contributed by atoms with Crippen molar-refractivity contribution >= 4 is 17.2 Å². The van der Waals surface area contributed by atoms with Gasteiger partial charge in [-0.2, -0.15) is 0 Å². The molecule has 1 amide bonds. The molecule has 0 aromatic carbocycles.